The van der Waals surface area contributed by atoms with Gasteiger partial charge in [0.25, 0.3) is 0 Å². The van der Waals surface area contributed by atoms with E-state index in [1.165, 1.54) is 0 Å². The van der Waals surface area contributed by atoms with Crippen LogP contribution < -0.4 is 4.90 Å². The molecule has 78 valence electrons. The summed E-state index contributed by atoms with van der Waals surface area (Å²) in [5.41, 5.74) is 0.992. The number of hydrogen-bond acceptors (Lipinski definition) is 4. The molecule has 0 atom stereocenters. The van der Waals surface area contributed by atoms with Crippen molar-refractivity contribution in [1.82, 2.24) is 0 Å². The van der Waals surface area contributed by atoms with E-state index in [0.29, 0.717) is 13.1 Å². The summed E-state index contributed by atoms with van der Waals surface area (Å²) in [6.45, 7) is 1.24. The number of thiol groups is 1. The van der Waals surface area contributed by atoms with Crippen molar-refractivity contribution >= 4 is 18.3 Å². The van der Waals surface area contributed by atoms with Gasteiger partial charge in [0.15, 0.2) is 0 Å². The Balaban J connectivity index is 2.71. The van der Waals surface area contributed by atoms with E-state index in [2.05, 4.69) is 12.6 Å². The summed E-state index contributed by atoms with van der Waals surface area (Å²) in [4.78, 5) is 2.83. The van der Waals surface area contributed by atoms with Crippen molar-refractivity contribution in [1.29, 1.82) is 0 Å². The zero-order chi connectivity index (χ0) is 10.4. The quantitative estimate of drug-likeness (QED) is 0.633. The summed E-state index contributed by atoms with van der Waals surface area (Å²) in [6.07, 6.45) is 0. The maximum absolute atomic E-state index is 8.84. The van der Waals surface area contributed by atoms with Crippen molar-refractivity contribution in [2.24, 2.45) is 0 Å². The molecule has 0 unspecified atom stereocenters. The largest absolute Gasteiger partial charge is 0.395 e. The minimum Gasteiger partial charge on any atom is -0.395 e. The summed E-state index contributed by atoms with van der Waals surface area (Å²) in [5, 5.41) is 17.7. The Morgan fingerprint density at radius 3 is 1.93 bits per heavy atom. The summed E-state index contributed by atoms with van der Waals surface area (Å²) >= 11 is 4.19. The van der Waals surface area contributed by atoms with Crippen molar-refractivity contribution < 1.29 is 10.2 Å². The normalized spacial score (nSPS) is 10.2. The number of nitrogens with zero attached hydrogens (tertiary/aromatic N) is 1. The molecule has 1 aromatic rings. The first-order valence-electron chi connectivity index (χ1n) is 4.53. The maximum Gasteiger partial charge on any atom is 0.0606 e. The Hall–Kier alpha value is -0.710. The molecule has 1 aromatic carbocycles. The highest BCUT2D eigenvalue weighted by molar-refractivity contribution is 7.80. The van der Waals surface area contributed by atoms with Crippen LogP contribution in [0.4, 0.5) is 5.69 Å². The standard InChI is InChI=1S/C10H15NO2S/c12-7-5-11(6-8-13)9-1-3-10(14)4-2-9/h1-4,12-14H,5-8H2. The van der Waals surface area contributed by atoms with Crippen molar-refractivity contribution in [3.05, 3.63) is 24.3 Å². The molecule has 0 aliphatic rings. The minimum atomic E-state index is 0.0859. The molecule has 3 nitrogen and oxygen atoms in total. The fourth-order valence-electron chi connectivity index (χ4n) is 1.27. The molecule has 0 saturated heterocycles. The molecule has 4 heteroatoms. The molecule has 0 radical (unpaired) electrons. The molecule has 0 saturated carbocycles. The third-order valence-electron chi connectivity index (χ3n) is 1.95. The number of rotatable bonds is 5. The van der Waals surface area contributed by atoms with Gasteiger partial charge in [-0.3, -0.25) is 0 Å². The molecule has 0 amide bonds. The number of aliphatic hydroxyl groups excluding tert-OH is 2. The molecule has 0 fully saturated rings. The van der Waals surface area contributed by atoms with Crippen LogP contribution in [0.3, 0.4) is 0 Å². The van der Waals surface area contributed by atoms with Crippen molar-refractivity contribution in [3.8, 4) is 0 Å². The lowest BCUT2D eigenvalue weighted by Gasteiger charge is -2.22. The molecule has 2 N–H and O–H groups in total. The second kappa shape index (κ2) is 5.90. The number of hydrogen-bond donors (Lipinski definition) is 3. The molecule has 0 heterocycles. The van der Waals surface area contributed by atoms with E-state index in [-0.39, 0.29) is 13.2 Å². The van der Waals surface area contributed by atoms with Gasteiger partial charge < -0.3 is 15.1 Å². The van der Waals surface area contributed by atoms with E-state index >= 15 is 0 Å². The van der Waals surface area contributed by atoms with Crippen LogP contribution in [0.2, 0.25) is 0 Å². The fraction of sp³-hybridized carbons (Fsp3) is 0.400. The van der Waals surface area contributed by atoms with Crippen molar-refractivity contribution in [2.75, 3.05) is 31.2 Å². The highest BCUT2D eigenvalue weighted by Gasteiger charge is 2.03. The van der Waals surface area contributed by atoms with Gasteiger partial charge in [-0.25, -0.2) is 0 Å². The average Bonchev–Trinajstić information content (AvgIpc) is 2.19. The lowest BCUT2D eigenvalue weighted by atomic mass is 10.3. The van der Waals surface area contributed by atoms with Crippen molar-refractivity contribution in [3.63, 3.8) is 0 Å². The monoisotopic (exact) mass is 213 g/mol. The molecular formula is C10H15NO2S. The molecule has 0 spiro atoms. The highest BCUT2D eigenvalue weighted by Crippen LogP contribution is 2.16. The van der Waals surface area contributed by atoms with Crippen LogP contribution in [0.1, 0.15) is 0 Å². The van der Waals surface area contributed by atoms with Gasteiger partial charge in [0.2, 0.25) is 0 Å². The van der Waals surface area contributed by atoms with E-state index in [0.717, 1.165) is 10.6 Å². The van der Waals surface area contributed by atoms with E-state index in [1.54, 1.807) is 0 Å². The first-order chi connectivity index (χ1) is 6.77. The first-order valence-corrected chi connectivity index (χ1v) is 4.98. The fourth-order valence-corrected chi connectivity index (χ4v) is 1.42. The maximum atomic E-state index is 8.84. The topological polar surface area (TPSA) is 43.7 Å². The molecule has 0 aromatic heterocycles. The molecular weight excluding hydrogens is 198 g/mol. The van der Waals surface area contributed by atoms with Crippen LogP contribution in [-0.2, 0) is 0 Å². The van der Waals surface area contributed by atoms with E-state index in [1.807, 2.05) is 29.2 Å². The predicted molar refractivity (Wildman–Crippen MR) is 60.1 cm³/mol. The predicted octanol–water partition coefficient (Wildman–Crippen LogP) is 0.766. The van der Waals surface area contributed by atoms with Crippen LogP contribution in [0.15, 0.2) is 29.2 Å². The van der Waals surface area contributed by atoms with Gasteiger partial charge in [-0.05, 0) is 24.3 Å². The Kier molecular flexibility index (Phi) is 4.79. The Bertz CT molecular complexity index is 257. The molecule has 14 heavy (non-hydrogen) atoms. The van der Waals surface area contributed by atoms with Crippen molar-refractivity contribution in [2.45, 2.75) is 4.90 Å². The lowest BCUT2D eigenvalue weighted by molar-refractivity contribution is 0.281. The summed E-state index contributed by atoms with van der Waals surface area (Å²) in [6, 6.07) is 7.63. The lowest BCUT2D eigenvalue weighted by Crippen LogP contribution is -2.29. The molecule has 0 aliphatic carbocycles. The van der Waals surface area contributed by atoms with Gasteiger partial charge in [-0.15, -0.1) is 12.6 Å². The Morgan fingerprint density at radius 1 is 1.00 bits per heavy atom. The van der Waals surface area contributed by atoms with Gasteiger partial charge in [0, 0.05) is 23.7 Å². The van der Waals surface area contributed by atoms with Gasteiger partial charge in [-0.1, -0.05) is 0 Å². The highest BCUT2D eigenvalue weighted by atomic mass is 32.1. The second-order valence-corrected chi connectivity index (χ2v) is 3.47. The number of aliphatic hydroxyl groups is 2. The Morgan fingerprint density at radius 2 is 1.50 bits per heavy atom. The van der Waals surface area contributed by atoms with Crippen LogP contribution in [0, 0.1) is 0 Å². The summed E-state index contributed by atoms with van der Waals surface area (Å²) < 4.78 is 0. The minimum absolute atomic E-state index is 0.0859. The Labute approximate surface area is 89.4 Å². The van der Waals surface area contributed by atoms with E-state index in [4.69, 9.17) is 10.2 Å². The van der Waals surface area contributed by atoms with Crippen LogP contribution in [0.25, 0.3) is 0 Å². The van der Waals surface area contributed by atoms with Crippen LogP contribution in [-0.4, -0.2) is 36.5 Å². The van der Waals surface area contributed by atoms with Crippen LogP contribution >= 0.6 is 12.6 Å². The SMILES string of the molecule is OCCN(CCO)c1ccc(S)cc1. The van der Waals surface area contributed by atoms with E-state index < -0.39 is 0 Å². The third-order valence-corrected chi connectivity index (χ3v) is 2.25. The number of anilines is 1. The average molecular weight is 213 g/mol. The second-order valence-electron chi connectivity index (χ2n) is 2.95. The summed E-state index contributed by atoms with van der Waals surface area (Å²) in [5.74, 6) is 0. The van der Waals surface area contributed by atoms with Crippen LogP contribution in [0.5, 0.6) is 0 Å². The number of benzene rings is 1. The van der Waals surface area contributed by atoms with Gasteiger partial charge in [0.1, 0.15) is 0 Å². The molecule has 1 rings (SSSR count). The zero-order valence-corrected chi connectivity index (χ0v) is 8.82. The smallest absolute Gasteiger partial charge is 0.0606 e. The zero-order valence-electron chi connectivity index (χ0n) is 7.93. The van der Waals surface area contributed by atoms with E-state index in [9.17, 15) is 0 Å². The van der Waals surface area contributed by atoms with Gasteiger partial charge in [0.05, 0.1) is 13.2 Å². The third kappa shape index (κ3) is 3.21. The van der Waals surface area contributed by atoms with Gasteiger partial charge in [-0.2, -0.15) is 0 Å². The van der Waals surface area contributed by atoms with Gasteiger partial charge >= 0.3 is 0 Å². The molecule has 0 aliphatic heterocycles. The molecule has 0 bridgehead atoms. The first kappa shape index (κ1) is 11.4. The summed E-state index contributed by atoms with van der Waals surface area (Å²) in [7, 11) is 0.